The minimum atomic E-state index is 0.219. The predicted octanol–water partition coefficient (Wildman–Crippen LogP) is 2.59. The van der Waals surface area contributed by atoms with Gasteiger partial charge in [-0.15, -0.1) is 0 Å². The summed E-state index contributed by atoms with van der Waals surface area (Å²) < 4.78 is 1.78. The lowest BCUT2D eigenvalue weighted by Gasteiger charge is -2.51. The predicted molar refractivity (Wildman–Crippen MR) is 104 cm³/mol. The Morgan fingerprint density at radius 2 is 1.81 bits per heavy atom. The minimum Gasteiger partial charge on any atom is -0.336 e. The van der Waals surface area contributed by atoms with Crippen molar-refractivity contribution in [3.8, 4) is 0 Å². The van der Waals surface area contributed by atoms with Crippen LogP contribution >= 0.6 is 0 Å². The number of benzene rings is 1. The average Bonchev–Trinajstić information content (AvgIpc) is 3.28. The number of likely N-dealkylation sites (tertiary alicyclic amines) is 1. The van der Waals surface area contributed by atoms with Crippen LogP contribution < -0.4 is 0 Å². The van der Waals surface area contributed by atoms with E-state index < -0.39 is 0 Å². The molecule has 0 saturated carbocycles. The molecule has 5 nitrogen and oxygen atoms in total. The summed E-state index contributed by atoms with van der Waals surface area (Å²) in [7, 11) is 0. The molecule has 0 radical (unpaired) electrons. The molecule has 4 saturated heterocycles. The Morgan fingerprint density at radius 1 is 1.07 bits per heavy atom. The third-order valence-corrected chi connectivity index (χ3v) is 6.88. The molecule has 5 heteroatoms. The standard InChI is InChI=1S/C22H28N4O/c1-15-3-5-17(6-4-15)19-13-26(20(27)14-25-12-16(2)11-23-25)21-18-7-9-24(10-8-18)22(19)21/h3-6,11-12,18-19,21-22H,7-10,13-14H2,1-2H3/t19-,21+,22+/m0/s1. The van der Waals surface area contributed by atoms with Gasteiger partial charge in [-0.1, -0.05) is 29.8 Å². The van der Waals surface area contributed by atoms with E-state index in [1.165, 1.54) is 37.1 Å². The number of aryl methyl sites for hydroxylation is 2. The van der Waals surface area contributed by atoms with Gasteiger partial charge in [-0.05, 0) is 56.8 Å². The van der Waals surface area contributed by atoms with Crippen molar-refractivity contribution in [2.75, 3.05) is 19.6 Å². The molecule has 1 aromatic heterocycles. The lowest BCUT2D eigenvalue weighted by atomic mass is 9.75. The van der Waals surface area contributed by atoms with Gasteiger partial charge in [-0.25, -0.2) is 0 Å². The van der Waals surface area contributed by atoms with Crippen LogP contribution in [0.3, 0.4) is 0 Å². The van der Waals surface area contributed by atoms with Gasteiger partial charge in [0.2, 0.25) is 5.91 Å². The second-order valence-corrected chi connectivity index (χ2v) is 8.63. The Morgan fingerprint density at radius 3 is 2.48 bits per heavy atom. The van der Waals surface area contributed by atoms with Gasteiger partial charge >= 0.3 is 0 Å². The van der Waals surface area contributed by atoms with Crippen molar-refractivity contribution >= 4 is 5.91 Å². The Labute approximate surface area is 161 Å². The van der Waals surface area contributed by atoms with Gasteiger partial charge in [0.05, 0.1) is 12.2 Å². The van der Waals surface area contributed by atoms with Crippen LogP contribution in [0.2, 0.25) is 0 Å². The number of carbonyl (C=O) groups excluding carboxylic acids is 1. The van der Waals surface area contributed by atoms with E-state index in [1.54, 1.807) is 4.68 Å². The van der Waals surface area contributed by atoms with Crippen molar-refractivity contribution < 1.29 is 4.79 Å². The summed E-state index contributed by atoms with van der Waals surface area (Å²) in [5.41, 5.74) is 3.77. The van der Waals surface area contributed by atoms with Gasteiger partial charge in [0, 0.05) is 24.7 Å². The highest BCUT2D eigenvalue weighted by molar-refractivity contribution is 5.77. The average molecular weight is 364 g/mol. The second-order valence-electron chi connectivity index (χ2n) is 8.63. The highest BCUT2D eigenvalue weighted by atomic mass is 16.2. The summed E-state index contributed by atoms with van der Waals surface area (Å²) in [6.45, 7) is 7.72. The largest absolute Gasteiger partial charge is 0.336 e. The van der Waals surface area contributed by atoms with Crippen molar-refractivity contribution in [3.05, 3.63) is 53.3 Å². The van der Waals surface area contributed by atoms with E-state index >= 15 is 0 Å². The maximum atomic E-state index is 13.2. The van der Waals surface area contributed by atoms with Crippen molar-refractivity contribution in [1.29, 1.82) is 0 Å². The zero-order valence-electron chi connectivity index (χ0n) is 16.2. The van der Waals surface area contributed by atoms with E-state index in [-0.39, 0.29) is 5.91 Å². The van der Waals surface area contributed by atoms with Crippen molar-refractivity contribution in [3.63, 3.8) is 0 Å². The number of rotatable bonds is 3. The van der Waals surface area contributed by atoms with Gasteiger partial charge in [-0.2, -0.15) is 5.10 Å². The number of nitrogens with zero attached hydrogens (tertiary/aromatic N) is 4. The van der Waals surface area contributed by atoms with E-state index in [4.69, 9.17) is 0 Å². The summed E-state index contributed by atoms with van der Waals surface area (Å²) in [4.78, 5) is 18.1. The van der Waals surface area contributed by atoms with E-state index in [2.05, 4.69) is 46.1 Å². The molecular formula is C22H28N4O. The molecule has 0 unspecified atom stereocenters. The van der Waals surface area contributed by atoms with Crippen LogP contribution in [0, 0.1) is 19.8 Å². The van der Waals surface area contributed by atoms with Crippen molar-refractivity contribution in [2.24, 2.45) is 5.92 Å². The molecule has 1 amide bonds. The molecule has 27 heavy (non-hydrogen) atoms. The van der Waals surface area contributed by atoms with Gasteiger partial charge in [0.25, 0.3) is 0 Å². The molecule has 5 heterocycles. The molecule has 142 valence electrons. The number of piperidine rings is 3. The van der Waals surface area contributed by atoms with Crippen LogP contribution in [-0.2, 0) is 11.3 Å². The number of carbonyl (C=O) groups is 1. The van der Waals surface area contributed by atoms with Crippen LogP contribution in [0.4, 0.5) is 0 Å². The first-order valence-corrected chi connectivity index (χ1v) is 10.2. The van der Waals surface area contributed by atoms with Crippen molar-refractivity contribution in [1.82, 2.24) is 19.6 Å². The van der Waals surface area contributed by atoms with E-state index in [1.807, 2.05) is 19.3 Å². The van der Waals surface area contributed by atoms with E-state index in [0.717, 1.165) is 12.1 Å². The molecule has 1 aromatic carbocycles. The van der Waals surface area contributed by atoms with E-state index in [0.29, 0.717) is 30.5 Å². The first kappa shape index (κ1) is 17.0. The topological polar surface area (TPSA) is 41.4 Å². The quantitative estimate of drug-likeness (QED) is 0.841. The van der Waals surface area contributed by atoms with Gasteiger partial charge in [-0.3, -0.25) is 14.4 Å². The number of hydrogen-bond donors (Lipinski definition) is 0. The van der Waals surface area contributed by atoms with Crippen LogP contribution in [-0.4, -0.2) is 57.2 Å². The summed E-state index contributed by atoms with van der Waals surface area (Å²) in [6.07, 6.45) is 6.24. The summed E-state index contributed by atoms with van der Waals surface area (Å²) in [5.74, 6) is 1.29. The molecule has 6 rings (SSSR count). The smallest absolute Gasteiger partial charge is 0.244 e. The molecule has 0 N–H and O–H groups in total. The molecule has 4 aliphatic heterocycles. The maximum Gasteiger partial charge on any atom is 0.244 e. The lowest BCUT2D eigenvalue weighted by molar-refractivity contribution is -0.136. The summed E-state index contributed by atoms with van der Waals surface area (Å²) in [5, 5.41) is 4.32. The number of fused-ring (bicyclic) bond motifs is 2. The normalized spacial score (nSPS) is 31.9. The second kappa shape index (κ2) is 6.48. The van der Waals surface area contributed by atoms with Gasteiger partial charge < -0.3 is 4.90 Å². The first-order valence-electron chi connectivity index (χ1n) is 10.2. The molecule has 3 atom stereocenters. The van der Waals surface area contributed by atoms with Gasteiger partial charge in [0.15, 0.2) is 0 Å². The Kier molecular flexibility index (Phi) is 4.08. The zero-order valence-corrected chi connectivity index (χ0v) is 16.2. The van der Waals surface area contributed by atoms with Crippen molar-refractivity contribution in [2.45, 2.75) is 51.2 Å². The highest BCUT2D eigenvalue weighted by Crippen LogP contribution is 2.46. The van der Waals surface area contributed by atoms with Crippen LogP contribution in [0.25, 0.3) is 0 Å². The first-order chi connectivity index (χ1) is 13.1. The lowest BCUT2D eigenvalue weighted by Crippen LogP contribution is -2.61. The molecule has 2 bridgehead atoms. The molecule has 4 aliphatic rings. The Balaban J connectivity index is 1.45. The van der Waals surface area contributed by atoms with Gasteiger partial charge in [0.1, 0.15) is 6.54 Å². The monoisotopic (exact) mass is 364 g/mol. The maximum absolute atomic E-state index is 13.2. The summed E-state index contributed by atoms with van der Waals surface area (Å²) in [6, 6.07) is 9.79. The fourth-order valence-electron chi connectivity index (χ4n) is 5.59. The van der Waals surface area contributed by atoms with Crippen LogP contribution in [0.15, 0.2) is 36.7 Å². The number of amides is 1. The highest BCUT2D eigenvalue weighted by Gasteiger charge is 2.54. The fourth-order valence-corrected chi connectivity index (χ4v) is 5.59. The third kappa shape index (κ3) is 2.89. The fraction of sp³-hybridized carbons (Fsp3) is 0.545. The Bertz CT molecular complexity index is 834. The van der Waals surface area contributed by atoms with Crippen LogP contribution in [0.5, 0.6) is 0 Å². The number of hydrogen-bond acceptors (Lipinski definition) is 3. The molecule has 4 fully saturated rings. The molecule has 0 spiro atoms. The minimum absolute atomic E-state index is 0.219. The summed E-state index contributed by atoms with van der Waals surface area (Å²) >= 11 is 0. The molecule has 2 aromatic rings. The number of aromatic nitrogens is 2. The third-order valence-electron chi connectivity index (χ3n) is 6.88. The SMILES string of the molecule is Cc1ccc([C@@H]2CN(C(=O)Cn3cc(C)cn3)[C@@H]3C4CCN(CC4)[C@@H]32)cc1. The molecule has 0 aliphatic carbocycles. The van der Waals surface area contributed by atoms with E-state index in [9.17, 15) is 4.79 Å². The van der Waals surface area contributed by atoms with Crippen LogP contribution in [0.1, 0.15) is 35.4 Å². The Hall–Kier alpha value is -2.14. The zero-order chi connectivity index (χ0) is 18.5. The molecular weight excluding hydrogens is 336 g/mol.